The van der Waals surface area contributed by atoms with Crippen LogP contribution in [0.3, 0.4) is 0 Å². The van der Waals surface area contributed by atoms with Crippen molar-refractivity contribution in [2.45, 2.75) is 32.6 Å². The maximum Gasteiger partial charge on any atom is 0.319 e. The van der Waals surface area contributed by atoms with Crippen molar-refractivity contribution >= 4 is 29.0 Å². The summed E-state index contributed by atoms with van der Waals surface area (Å²) in [6.07, 6.45) is 0.997. The Morgan fingerprint density at radius 2 is 2.08 bits per heavy atom. The zero-order chi connectivity index (χ0) is 18.2. The Bertz CT molecular complexity index is 727. The van der Waals surface area contributed by atoms with E-state index in [0.717, 1.165) is 16.3 Å². The number of benzene rings is 1. The third kappa shape index (κ3) is 6.19. The minimum absolute atomic E-state index is 0.0641. The number of thiazole rings is 1. The maximum atomic E-state index is 12.0. The fourth-order valence-corrected chi connectivity index (χ4v) is 3.16. The van der Waals surface area contributed by atoms with Gasteiger partial charge in [-0.05, 0) is 23.6 Å². The van der Waals surface area contributed by atoms with Gasteiger partial charge in [-0.25, -0.2) is 9.78 Å². The number of carbonyl (C=O) groups is 2. The number of nitrogens with one attached hydrogen (secondary N) is 3. The lowest BCUT2D eigenvalue weighted by atomic mass is 10.1. The van der Waals surface area contributed by atoms with Gasteiger partial charge in [0.1, 0.15) is 0 Å². The van der Waals surface area contributed by atoms with E-state index >= 15 is 0 Å². The second kappa shape index (κ2) is 9.17. The van der Waals surface area contributed by atoms with E-state index in [-0.39, 0.29) is 18.4 Å². The fourth-order valence-electron chi connectivity index (χ4n) is 2.20. The number of hydrogen-bond donors (Lipinski definition) is 3. The molecule has 134 valence electrons. The molecule has 0 aliphatic rings. The molecule has 25 heavy (non-hydrogen) atoms. The molecule has 7 heteroatoms. The molecule has 6 nitrogen and oxygen atoms in total. The van der Waals surface area contributed by atoms with Gasteiger partial charge in [0.05, 0.1) is 17.1 Å². The topological polar surface area (TPSA) is 83.1 Å². The highest BCUT2D eigenvalue weighted by molar-refractivity contribution is 7.09. The van der Waals surface area contributed by atoms with Gasteiger partial charge >= 0.3 is 6.03 Å². The summed E-state index contributed by atoms with van der Waals surface area (Å²) in [6.45, 7) is 4.75. The van der Waals surface area contributed by atoms with E-state index in [1.807, 2.05) is 12.1 Å². The number of aromatic nitrogens is 1. The molecule has 0 aliphatic carbocycles. The number of rotatable bonds is 7. The fraction of sp³-hybridized carbons (Fsp3) is 0.389. The van der Waals surface area contributed by atoms with E-state index in [1.54, 1.807) is 30.5 Å². The molecule has 3 amide bonds. The number of hydrogen-bond acceptors (Lipinski definition) is 4. The van der Waals surface area contributed by atoms with Crippen molar-refractivity contribution in [2.75, 3.05) is 18.9 Å². The van der Waals surface area contributed by atoms with Crippen LogP contribution in [-0.4, -0.2) is 30.5 Å². The highest BCUT2D eigenvalue weighted by Gasteiger charge is 2.07. The van der Waals surface area contributed by atoms with Crippen molar-refractivity contribution in [3.05, 3.63) is 45.9 Å². The van der Waals surface area contributed by atoms with Crippen molar-refractivity contribution in [1.29, 1.82) is 0 Å². The first-order chi connectivity index (χ1) is 12.0. The number of likely N-dealkylation sites (N-methyl/N-ethyl adjacent to an activating group) is 1. The van der Waals surface area contributed by atoms with Crippen LogP contribution in [0.4, 0.5) is 10.5 Å². The van der Waals surface area contributed by atoms with E-state index in [1.165, 1.54) is 0 Å². The lowest BCUT2D eigenvalue weighted by Crippen LogP contribution is -2.30. The average Bonchev–Trinajstić information content (AvgIpc) is 3.04. The van der Waals surface area contributed by atoms with Crippen molar-refractivity contribution in [1.82, 2.24) is 15.6 Å². The van der Waals surface area contributed by atoms with E-state index < -0.39 is 0 Å². The monoisotopic (exact) mass is 360 g/mol. The predicted molar refractivity (Wildman–Crippen MR) is 101 cm³/mol. The zero-order valence-electron chi connectivity index (χ0n) is 14.8. The summed E-state index contributed by atoms with van der Waals surface area (Å²) in [6, 6.07) is 7.00. The third-order valence-electron chi connectivity index (χ3n) is 3.61. The molecule has 1 aromatic heterocycles. The number of urea groups is 1. The lowest BCUT2D eigenvalue weighted by Gasteiger charge is -2.08. The van der Waals surface area contributed by atoms with Crippen molar-refractivity contribution in [3.63, 3.8) is 0 Å². The molecule has 0 atom stereocenters. The first kappa shape index (κ1) is 18.9. The van der Waals surface area contributed by atoms with Crippen molar-refractivity contribution < 1.29 is 9.59 Å². The molecule has 1 heterocycles. The SMILES string of the molecule is CNC(=O)Cc1cccc(NC(=O)NCCc2nc(C(C)C)cs2)c1. The van der Waals surface area contributed by atoms with Crippen LogP contribution >= 0.6 is 11.3 Å². The quantitative estimate of drug-likeness (QED) is 0.710. The van der Waals surface area contributed by atoms with E-state index in [0.29, 0.717) is 24.6 Å². The van der Waals surface area contributed by atoms with Gasteiger partial charge in [0, 0.05) is 31.1 Å². The van der Waals surface area contributed by atoms with E-state index in [9.17, 15) is 9.59 Å². The summed E-state index contributed by atoms with van der Waals surface area (Å²) in [7, 11) is 1.60. The Labute approximate surface area is 152 Å². The number of carbonyl (C=O) groups excluding carboxylic acids is 2. The van der Waals surface area contributed by atoms with Crippen LogP contribution in [0, 0.1) is 0 Å². The standard InChI is InChI=1S/C18H24N4O2S/c1-12(2)15-11-25-17(22-15)7-8-20-18(24)21-14-6-4-5-13(9-14)10-16(23)19-3/h4-6,9,11-12H,7-8,10H2,1-3H3,(H,19,23)(H2,20,21,24). The summed E-state index contributed by atoms with van der Waals surface area (Å²) in [5, 5.41) is 11.3. The van der Waals surface area contributed by atoms with Crippen LogP contribution in [0.25, 0.3) is 0 Å². The summed E-state index contributed by atoms with van der Waals surface area (Å²) in [4.78, 5) is 28.0. The molecule has 0 saturated heterocycles. The highest BCUT2D eigenvalue weighted by atomic mass is 32.1. The van der Waals surface area contributed by atoms with Crippen LogP contribution in [0.2, 0.25) is 0 Å². The Morgan fingerprint density at radius 3 is 2.76 bits per heavy atom. The first-order valence-corrected chi connectivity index (χ1v) is 9.14. The molecule has 0 unspecified atom stereocenters. The van der Waals surface area contributed by atoms with Crippen LogP contribution in [0.1, 0.15) is 36.0 Å². The maximum absolute atomic E-state index is 12.0. The molecular formula is C18H24N4O2S. The molecule has 2 rings (SSSR count). The normalized spacial score (nSPS) is 10.6. The van der Waals surface area contributed by atoms with E-state index in [2.05, 4.69) is 40.2 Å². The molecule has 1 aromatic carbocycles. The zero-order valence-corrected chi connectivity index (χ0v) is 15.6. The molecular weight excluding hydrogens is 336 g/mol. The van der Waals surface area contributed by atoms with Gasteiger partial charge in [-0.15, -0.1) is 11.3 Å². The molecule has 3 N–H and O–H groups in total. The van der Waals surface area contributed by atoms with Crippen molar-refractivity contribution in [2.24, 2.45) is 0 Å². The van der Waals surface area contributed by atoms with Gasteiger partial charge in [0.2, 0.25) is 5.91 Å². The van der Waals surface area contributed by atoms with Crippen molar-refractivity contribution in [3.8, 4) is 0 Å². The Morgan fingerprint density at radius 1 is 1.28 bits per heavy atom. The number of nitrogens with zero attached hydrogens (tertiary/aromatic N) is 1. The molecule has 0 spiro atoms. The van der Waals surface area contributed by atoms with Gasteiger partial charge in [-0.2, -0.15) is 0 Å². The van der Waals surface area contributed by atoms with Gasteiger partial charge < -0.3 is 16.0 Å². The molecule has 0 radical (unpaired) electrons. The Hall–Kier alpha value is -2.41. The number of amides is 3. The minimum atomic E-state index is -0.266. The van der Waals surface area contributed by atoms with Crippen LogP contribution in [0.5, 0.6) is 0 Å². The van der Waals surface area contributed by atoms with E-state index in [4.69, 9.17) is 0 Å². The molecule has 0 saturated carbocycles. The van der Waals surface area contributed by atoms with Gasteiger partial charge in [-0.3, -0.25) is 4.79 Å². The molecule has 2 aromatic rings. The van der Waals surface area contributed by atoms with Gasteiger partial charge in [-0.1, -0.05) is 26.0 Å². The molecule has 0 aliphatic heterocycles. The first-order valence-electron chi connectivity index (χ1n) is 8.26. The highest BCUT2D eigenvalue weighted by Crippen LogP contribution is 2.17. The molecule has 0 fully saturated rings. The summed E-state index contributed by atoms with van der Waals surface area (Å²) in [5.74, 6) is 0.356. The van der Waals surface area contributed by atoms with Gasteiger partial charge in [0.15, 0.2) is 0 Å². The lowest BCUT2D eigenvalue weighted by molar-refractivity contribution is -0.119. The summed E-state index contributed by atoms with van der Waals surface area (Å²) >= 11 is 1.62. The second-order valence-electron chi connectivity index (χ2n) is 6.00. The minimum Gasteiger partial charge on any atom is -0.359 e. The largest absolute Gasteiger partial charge is 0.359 e. The average molecular weight is 360 g/mol. The van der Waals surface area contributed by atoms with Crippen LogP contribution in [-0.2, 0) is 17.6 Å². The van der Waals surface area contributed by atoms with Crippen LogP contribution in [0.15, 0.2) is 29.6 Å². The Balaban J connectivity index is 1.79. The second-order valence-corrected chi connectivity index (χ2v) is 6.94. The number of anilines is 1. The predicted octanol–water partition coefficient (Wildman–Crippen LogP) is 2.92. The Kier molecular flexibility index (Phi) is 6.94. The third-order valence-corrected chi connectivity index (χ3v) is 4.54. The van der Waals surface area contributed by atoms with Crippen LogP contribution < -0.4 is 16.0 Å². The summed E-state index contributed by atoms with van der Waals surface area (Å²) < 4.78 is 0. The summed E-state index contributed by atoms with van der Waals surface area (Å²) in [5.41, 5.74) is 2.61. The van der Waals surface area contributed by atoms with Gasteiger partial charge in [0.25, 0.3) is 0 Å². The molecule has 0 bridgehead atoms. The smallest absolute Gasteiger partial charge is 0.319 e.